The molecule has 1 N–H and O–H groups in total. The molecule has 1 amide bonds. The molecule has 1 aromatic heterocycles. The van der Waals surface area contributed by atoms with Gasteiger partial charge in [-0.15, -0.1) is 0 Å². The molecule has 18 heavy (non-hydrogen) atoms. The molecular formula is C14H17NO3. The van der Waals surface area contributed by atoms with Crippen molar-refractivity contribution >= 4 is 12.0 Å². The van der Waals surface area contributed by atoms with Crippen LogP contribution in [0.25, 0.3) is 6.08 Å². The standard InChI is InChI=1S/C14H17NO3/c1-9-6-12(9)13-4-2-11(18-13)3-5-14(16)15-10-7-17-8-10/h2-5,9-10,12H,6-8H2,1H3,(H,15,16). The molecule has 2 fully saturated rings. The average molecular weight is 247 g/mol. The zero-order valence-electron chi connectivity index (χ0n) is 10.4. The van der Waals surface area contributed by atoms with Crippen LogP contribution >= 0.6 is 0 Å². The molecular weight excluding hydrogens is 230 g/mol. The lowest BCUT2D eigenvalue weighted by atomic mass is 10.2. The summed E-state index contributed by atoms with van der Waals surface area (Å²) in [6.07, 6.45) is 4.43. The average Bonchev–Trinajstić information content (AvgIpc) is 2.86. The van der Waals surface area contributed by atoms with E-state index in [4.69, 9.17) is 9.15 Å². The fraction of sp³-hybridized carbons (Fsp3) is 0.500. The van der Waals surface area contributed by atoms with Crippen molar-refractivity contribution in [1.82, 2.24) is 5.32 Å². The highest BCUT2D eigenvalue weighted by Crippen LogP contribution is 2.47. The Morgan fingerprint density at radius 2 is 2.22 bits per heavy atom. The summed E-state index contributed by atoms with van der Waals surface area (Å²) in [4.78, 5) is 11.5. The minimum Gasteiger partial charge on any atom is -0.461 e. The lowest BCUT2D eigenvalue weighted by Gasteiger charge is -2.26. The quantitative estimate of drug-likeness (QED) is 0.827. The first kappa shape index (κ1) is 11.5. The van der Waals surface area contributed by atoms with Crippen LogP contribution in [0.4, 0.5) is 0 Å². The third kappa shape index (κ3) is 2.48. The minimum atomic E-state index is -0.0963. The molecule has 2 atom stereocenters. The zero-order valence-corrected chi connectivity index (χ0v) is 10.4. The number of nitrogens with one attached hydrogen (secondary N) is 1. The summed E-state index contributed by atoms with van der Waals surface area (Å²) in [5.74, 6) is 2.99. The van der Waals surface area contributed by atoms with Crippen LogP contribution in [0.1, 0.15) is 30.8 Å². The second-order valence-electron chi connectivity index (χ2n) is 5.14. The van der Waals surface area contributed by atoms with E-state index >= 15 is 0 Å². The van der Waals surface area contributed by atoms with Gasteiger partial charge >= 0.3 is 0 Å². The van der Waals surface area contributed by atoms with E-state index in [0.29, 0.717) is 19.1 Å². The molecule has 2 aliphatic rings. The van der Waals surface area contributed by atoms with Crippen molar-refractivity contribution in [2.75, 3.05) is 13.2 Å². The SMILES string of the molecule is CC1CC1c1ccc(C=CC(=O)NC2COC2)o1. The van der Waals surface area contributed by atoms with Gasteiger partial charge in [-0.05, 0) is 30.5 Å². The third-order valence-corrected chi connectivity index (χ3v) is 3.51. The predicted molar refractivity (Wildman–Crippen MR) is 67.0 cm³/mol. The van der Waals surface area contributed by atoms with Gasteiger partial charge in [-0.25, -0.2) is 0 Å². The van der Waals surface area contributed by atoms with Crippen LogP contribution in [0.2, 0.25) is 0 Å². The smallest absolute Gasteiger partial charge is 0.244 e. The van der Waals surface area contributed by atoms with E-state index in [2.05, 4.69) is 12.2 Å². The molecule has 1 aliphatic carbocycles. The molecule has 2 heterocycles. The van der Waals surface area contributed by atoms with Crippen LogP contribution < -0.4 is 5.32 Å². The molecule has 3 rings (SSSR count). The summed E-state index contributed by atoms with van der Waals surface area (Å²) in [7, 11) is 0. The van der Waals surface area contributed by atoms with E-state index in [-0.39, 0.29) is 11.9 Å². The van der Waals surface area contributed by atoms with E-state index in [1.54, 1.807) is 6.08 Å². The van der Waals surface area contributed by atoms with Crippen LogP contribution in [-0.2, 0) is 9.53 Å². The Hall–Kier alpha value is -1.55. The molecule has 96 valence electrons. The van der Waals surface area contributed by atoms with E-state index < -0.39 is 0 Å². The van der Waals surface area contributed by atoms with Gasteiger partial charge in [-0.2, -0.15) is 0 Å². The first-order chi connectivity index (χ1) is 8.72. The molecule has 0 bridgehead atoms. The molecule has 0 radical (unpaired) electrons. The third-order valence-electron chi connectivity index (χ3n) is 3.51. The number of rotatable bonds is 4. The van der Waals surface area contributed by atoms with Gasteiger partial charge in [0.1, 0.15) is 11.5 Å². The highest BCUT2D eigenvalue weighted by atomic mass is 16.5. The van der Waals surface area contributed by atoms with Crippen molar-refractivity contribution in [3.63, 3.8) is 0 Å². The van der Waals surface area contributed by atoms with Crippen LogP contribution in [0, 0.1) is 5.92 Å². The number of furan rings is 1. The number of amides is 1. The first-order valence-electron chi connectivity index (χ1n) is 6.38. The largest absolute Gasteiger partial charge is 0.461 e. The summed E-state index contributed by atoms with van der Waals surface area (Å²) < 4.78 is 10.7. The Bertz CT molecular complexity index is 473. The second-order valence-corrected chi connectivity index (χ2v) is 5.14. The molecule has 0 aromatic carbocycles. The Morgan fingerprint density at radius 3 is 2.83 bits per heavy atom. The van der Waals surface area contributed by atoms with Crippen LogP contribution in [-0.4, -0.2) is 25.2 Å². The number of hydrogen-bond acceptors (Lipinski definition) is 3. The lowest BCUT2D eigenvalue weighted by Crippen LogP contribution is -2.48. The molecule has 4 heteroatoms. The highest BCUT2D eigenvalue weighted by molar-refractivity contribution is 5.91. The zero-order chi connectivity index (χ0) is 12.5. The second kappa shape index (κ2) is 4.61. The Labute approximate surface area is 106 Å². The summed E-state index contributed by atoms with van der Waals surface area (Å²) in [5, 5.41) is 2.84. The number of carbonyl (C=O) groups excluding carboxylic acids is 1. The molecule has 0 spiro atoms. The first-order valence-corrected chi connectivity index (χ1v) is 6.38. The van der Waals surface area contributed by atoms with Gasteiger partial charge < -0.3 is 14.5 Å². The molecule has 1 aromatic rings. The van der Waals surface area contributed by atoms with Crippen molar-refractivity contribution in [2.24, 2.45) is 5.92 Å². The monoisotopic (exact) mass is 247 g/mol. The number of ether oxygens (including phenoxy) is 1. The van der Waals surface area contributed by atoms with Gasteiger partial charge in [0.05, 0.1) is 19.3 Å². The van der Waals surface area contributed by atoms with Gasteiger partial charge in [-0.1, -0.05) is 6.92 Å². The van der Waals surface area contributed by atoms with E-state index in [0.717, 1.165) is 17.4 Å². The van der Waals surface area contributed by atoms with E-state index in [1.807, 2.05) is 12.1 Å². The summed E-state index contributed by atoms with van der Waals surface area (Å²) in [6, 6.07) is 4.09. The number of carbonyl (C=O) groups is 1. The van der Waals surface area contributed by atoms with Gasteiger partial charge in [0.15, 0.2) is 0 Å². The van der Waals surface area contributed by atoms with Crippen LogP contribution in [0.15, 0.2) is 22.6 Å². The van der Waals surface area contributed by atoms with Crippen molar-refractivity contribution in [3.05, 3.63) is 29.7 Å². The van der Waals surface area contributed by atoms with Crippen molar-refractivity contribution in [3.8, 4) is 0 Å². The van der Waals surface area contributed by atoms with Crippen LogP contribution in [0.3, 0.4) is 0 Å². The molecule has 1 aliphatic heterocycles. The van der Waals surface area contributed by atoms with Gasteiger partial charge in [0, 0.05) is 12.0 Å². The normalized spacial score (nSPS) is 27.2. The van der Waals surface area contributed by atoms with Gasteiger partial charge in [0.25, 0.3) is 0 Å². The predicted octanol–water partition coefficient (Wildman–Crippen LogP) is 1.93. The van der Waals surface area contributed by atoms with Crippen molar-refractivity contribution < 1.29 is 13.9 Å². The molecule has 1 saturated heterocycles. The summed E-state index contributed by atoms with van der Waals surface area (Å²) >= 11 is 0. The Balaban J connectivity index is 1.54. The van der Waals surface area contributed by atoms with Gasteiger partial charge in [0.2, 0.25) is 5.91 Å². The Kier molecular flexibility index (Phi) is 2.96. The summed E-state index contributed by atoms with van der Waals surface area (Å²) in [5.41, 5.74) is 0. The Morgan fingerprint density at radius 1 is 1.44 bits per heavy atom. The van der Waals surface area contributed by atoms with Gasteiger partial charge in [-0.3, -0.25) is 4.79 Å². The fourth-order valence-electron chi connectivity index (χ4n) is 2.10. The minimum absolute atomic E-state index is 0.0963. The maximum Gasteiger partial charge on any atom is 0.244 e. The highest BCUT2D eigenvalue weighted by Gasteiger charge is 2.36. The maximum absolute atomic E-state index is 11.5. The summed E-state index contributed by atoms with van der Waals surface area (Å²) in [6.45, 7) is 3.45. The molecule has 4 nitrogen and oxygen atoms in total. The van der Waals surface area contributed by atoms with E-state index in [9.17, 15) is 4.79 Å². The number of hydrogen-bond donors (Lipinski definition) is 1. The molecule has 1 saturated carbocycles. The van der Waals surface area contributed by atoms with Crippen LogP contribution in [0.5, 0.6) is 0 Å². The van der Waals surface area contributed by atoms with Crippen molar-refractivity contribution in [1.29, 1.82) is 0 Å². The van der Waals surface area contributed by atoms with E-state index in [1.165, 1.54) is 12.5 Å². The maximum atomic E-state index is 11.5. The topological polar surface area (TPSA) is 51.5 Å². The fourth-order valence-corrected chi connectivity index (χ4v) is 2.10. The van der Waals surface area contributed by atoms with Crippen molar-refractivity contribution in [2.45, 2.75) is 25.3 Å². The molecule has 2 unspecified atom stereocenters. The lowest BCUT2D eigenvalue weighted by molar-refractivity contribution is -0.120.